The molecule has 0 aromatic heterocycles. The molecule has 0 amide bonds. The summed E-state index contributed by atoms with van der Waals surface area (Å²) in [7, 11) is 0. The molecule has 42 heavy (non-hydrogen) atoms. The summed E-state index contributed by atoms with van der Waals surface area (Å²) in [4.78, 5) is 0. The van der Waals surface area contributed by atoms with Gasteiger partial charge in [0.25, 0.3) is 6.17 Å². The van der Waals surface area contributed by atoms with Crippen LogP contribution in [0.3, 0.4) is 0 Å². The standard InChI is InChI=1S/C34H41F7O/c1-2-3-4-5-23-8-14-26(15-9-23)27-16-10-24(11-17-27)6-7-25-12-18-28(19-13-25)29-20-21-31(30(35)22-29)42-34(40,41)32(36)33(37,38)39/h6-7,12-13,18-24,26-27,32H,2-5,8-11,14-17H2,1H3/b7-6+. The molecule has 2 aliphatic rings. The van der Waals surface area contributed by atoms with Gasteiger partial charge in [0, 0.05) is 0 Å². The van der Waals surface area contributed by atoms with E-state index < -0.39 is 30.0 Å². The zero-order valence-corrected chi connectivity index (χ0v) is 24.1. The second-order valence-electron chi connectivity index (χ2n) is 12.1. The second-order valence-corrected chi connectivity index (χ2v) is 12.1. The summed E-state index contributed by atoms with van der Waals surface area (Å²) in [5, 5.41) is 0. The molecule has 2 aromatic carbocycles. The van der Waals surface area contributed by atoms with E-state index in [9.17, 15) is 30.7 Å². The van der Waals surface area contributed by atoms with Gasteiger partial charge in [-0.3, -0.25) is 0 Å². The molecular weight excluding hydrogens is 557 g/mol. The van der Waals surface area contributed by atoms with E-state index in [1.165, 1.54) is 83.1 Å². The van der Waals surface area contributed by atoms with Crippen LogP contribution in [-0.4, -0.2) is 18.5 Å². The minimum absolute atomic E-state index is 0.319. The molecule has 1 atom stereocenters. The van der Waals surface area contributed by atoms with Gasteiger partial charge in [-0.2, -0.15) is 22.0 Å². The monoisotopic (exact) mass is 598 g/mol. The molecule has 2 aliphatic carbocycles. The van der Waals surface area contributed by atoms with Gasteiger partial charge in [0.05, 0.1) is 0 Å². The largest absolute Gasteiger partial charge is 0.439 e. The maximum absolute atomic E-state index is 14.4. The second kappa shape index (κ2) is 14.3. The zero-order valence-electron chi connectivity index (χ0n) is 24.1. The van der Waals surface area contributed by atoms with Crippen molar-refractivity contribution in [2.75, 3.05) is 0 Å². The predicted molar refractivity (Wildman–Crippen MR) is 152 cm³/mol. The lowest BCUT2D eigenvalue weighted by Gasteiger charge is -2.37. The third-order valence-electron chi connectivity index (χ3n) is 9.16. The van der Waals surface area contributed by atoms with Crippen molar-refractivity contribution in [1.82, 2.24) is 0 Å². The van der Waals surface area contributed by atoms with Crippen molar-refractivity contribution in [3.05, 3.63) is 59.9 Å². The topological polar surface area (TPSA) is 9.23 Å². The summed E-state index contributed by atoms with van der Waals surface area (Å²) < 4.78 is 95.3. The summed E-state index contributed by atoms with van der Waals surface area (Å²) in [5.41, 5.74) is 1.88. The van der Waals surface area contributed by atoms with Gasteiger partial charge in [0.2, 0.25) is 0 Å². The quantitative estimate of drug-likeness (QED) is 0.185. The van der Waals surface area contributed by atoms with Gasteiger partial charge >= 0.3 is 12.3 Å². The number of benzene rings is 2. The minimum atomic E-state index is -5.85. The van der Waals surface area contributed by atoms with Crippen LogP contribution in [-0.2, 0) is 0 Å². The van der Waals surface area contributed by atoms with Crippen LogP contribution in [0.5, 0.6) is 5.75 Å². The Balaban J connectivity index is 1.25. The van der Waals surface area contributed by atoms with Gasteiger partial charge in [-0.1, -0.05) is 87.9 Å². The fourth-order valence-corrected chi connectivity index (χ4v) is 6.63. The minimum Gasteiger partial charge on any atom is -0.427 e. The summed E-state index contributed by atoms with van der Waals surface area (Å²) in [6.07, 6.45) is 4.72. The molecular formula is C34H41F7O. The van der Waals surface area contributed by atoms with Gasteiger partial charge in [-0.05, 0) is 91.0 Å². The highest BCUT2D eigenvalue weighted by Crippen LogP contribution is 2.43. The third-order valence-corrected chi connectivity index (χ3v) is 9.16. The van der Waals surface area contributed by atoms with Crippen molar-refractivity contribution >= 4 is 6.08 Å². The van der Waals surface area contributed by atoms with E-state index in [0.29, 0.717) is 17.0 Å². The van der Waals surface area contributed by atoms with Crippen molar-refractivity contribution in [2.24, 2.45) is 23.7 Å². The number of hydrogen-bond acceptors (Lipinski definition) is 1. The van der Waals surface area contributed by atoms with Crippen LogP contribution in [0.25, 0.3) is 17.2 Å². The average molecular weight is 599 g/mol. The Morgan fingerprint density at radius 1 is 0.810 bits per heavy atom. The van der Waals surface area contributed by atoms with Gasteiger partial charge in [0.15, 0.2) is 11.6 Å². The van der Waals surface area contributed by atoms with Gasteiger partial charge in [-0.25, -0.2) is 8.78 Å². The van der Waals surface area contributed by atoms with Crippen LogP contribution >= 0.6 is 0 Å². The number of allylic oxidation sites excluding steroid dienone is 1. The highest BCUT2D eigenvalue weighted by molar-refractivity contribution is 5.66. The van der Waals surface area contributed by atoms with Gasteiger partial charge < -0.3 is 4.74 Å². The highest BCUT2D eigenvalue weighted by Gasteiger charge is 2.59. The smallest absolute Gasteiger partial charge is 0.427 e. The van der Waals surface area contributed by atoms with E-state index in [1.54, 1.807) is 12.1 Å². The number of halogens is 7. The molecule has 8 heteroatoms. The molecule has 4 rings (SSSR count). The van der Waals surface area contributed by atoms with Crippen molar-refractivity contribution in [2.45, 2.75) is 102 Å². The molecule has 0 radical (unpaired) electrons. The van der Waals surface area contributed by atoms with Gasteiger partial charge in [0.1, 0.15) is 0 Å². The van der Waals surface area contributed by atoms with Crippen LogP contribution in [0.4, 0.5) is 30.7 Å². The first-order chi connectivity index (χ1) is 20.0. The molecule has 0 bridgehead atoms. The Morgan fingerprint density at radius 3 is 1.98 bits per heavy atom. The predicted octanol–water partition coefficient (Wildman–Crippen LogP) is 11.6. The van der Waals surface area contributed by atoms with E-state index >= 15 is 0 Å². The third kappa shape index (κ3) is 8.76. The molecule has 232 valence electrons. The lowest BCUT2D eigenvalue weighted by molar-refractivity contribution is -0.305. The molecule has 1 unspecified atom stereocenters. The van der Waals surface area contributed by atoms with Crippen LogP contribution < -0.4 is 4.74 Å². The summed E-state index contributed by atoms with van der Waals surface area (Å²) in [6.45, 7) is 2.27. The molecule has 2 fully saturated rings. The number of alkyl halides is 6. The Kier molecular flexibility index (Phi) is 11.0. The van der Waals surface area contributed by atoms with Crippen molar-refractivity contribution < 1.29 is 35.5 Å². The molecule has 2 aromatic rings. The zero-order chi connectivity index (χ0) is 30.3. The Hall–Kier alpha value is -2.51. The van der Waals surface area contributed by atoms with E-state index in [0.717, 1.165) is 35.4 Å². The molecule has 0 N–H and O–H groups in total. The van der Waals surface area contributed by atoms with E-state index in [2.05, 4.69) is 23.8 Å². The molecule has 2 saturated carbocycles. The van der Waals surface area contributed by atoms with E-state index in [-0.39, 0.29) is 0 Å². The molecule has 1 nitrogen and oxygen atoms in total. The van der Waals surface area contributed by atoms with Gasteiger partial charge in [-0.15, -0.1) is 0 Å². The maximum atomic E-state index is 14.4. The summed E-state index contributed by atoms with van der Waals surface area (Å²) in [5.74, 6) is 0.763. The molecule has 0 aliphatic heterocycles. The lowest BCUT2D eigenvalue weighted by atomic mass is 9.68. The van der Waals surface area contributed by atoms with Crippen LogP contribution in [0.15, 0.2) is 48.5 Å². The van der Waals surface area contributed by atoms with Crippen molar-refractivity contribution in [3.63, 3.8) is 0 Å². The number of ether oxygens (including phenoxy) is 1. The highest BCUT2D eigenvalue weighted by atomic mass is 19.4. The Morgan fingerprint density at radius 2 is 1.40 bits per heavy atom. The van der Waals surface area contributed by atoms with Crippen LogP contribution in [0.2, 0.25) is 0 Å². The first-order valence-electron chi connectivity index (χ1n) is 15.3. The number of hydrogen-bond donors (Lipinski definition) is 0. The number of unbranched alkanes of at least 4 members (excludes halogenated alkanes) is 2. The average Bonchev–Trinajstić information content (AvgIpc) is 2.97. The lowest BCUT2D eigenvalue weighted by Crippen LogP contribution is -2.45. The molecule has 0 heterocycles. The first kappa shape index (κ1) is 32.4. The maximum Gasteiger partial charge on any atom is 0.439 e. The van der Waals surface area contributed by atoms with Crippen LogP contribution in [0.1, 0.15) is 89.5 Å². The SMILES string of the molecule is CCCCCC1CCC(C2CCC(/C=C/c3ccc(-c4ccc(OC(F)(F)C(F)C(F)(F)F)c(F)c4)cc3)CC2)CC1. The Bertz CT molecular complexity index is 1140. The Labute approximate surface area is 244 Å². The van der Waals surface area contributed by atoms with Crippen molar-refractivity contribution in [3.8, 4) is 16.9 Å². The first-order valence-corrected chi connectivity index (χ1v) is 15.3. The fourth-order valence-electron chi connectivity index (χ4n) is 6.63. The summed E-state index contributed by atoms with van der Waals surface area (Å²) >= 11 is 0. The normalized spacial score (nSPS) is 24.6. The van der Waals surface area contributed by atoms with Crippen molar-refractivity contribution in [1.29, 1.82) is 0 Å². The van der Waals surface area contributed by atoms with Crippen LogP contribution in [0, 0.1) is 29.5 Å². The summed E-state index contributed by atoms with van der Waals surface area (Å²) in [6, 6.07) is 10.1. The fraction of sp³-hybridized carbons (Fsp3) is 0.588. The molecule has 0 saturated heterocycles. The van der Waals surface area contributed by atoms with E-state index in [4.69, 9.17) is 0 Å². The number of rotatable bonds is 11. The van der Waals surface area contributed by atoms with E-state index in [1.807, 2.05) is 12.1 Å². The molecule has 0 spiro atoms.